The topological polar surface area (TPSA) is 32.3 Å². The number of halogens is 2. The number of thiophene rings is 1. The summed E-state index contributed by atoms with van der Waals surface area (Å²) in [6.45, 7) is 5.94. The second kappa shape index (κ2) is 7.48. The molecule has 1 amide bonds. The van der Waals surface area contributed by atoms with E-state index in [9.17, 15) is 4.79 Å². The third-order valence-electron chi connectivity index (χ3n) is 3.57. The lowest BCUT2D eigenvalue weighted by molar-refractivity contribution is -0.134. The largest absolute Gasteiger partial charge is 0.337 e. The second-order valence-electron chi connectivity index (χ2n) is 4.78. The number of amides is 1. The van der Waals surface area contributed by atoms with Gasteiger partial charge in [-0.2, -0.15) is 0 Å². The Hall–Kier alpha value is -0.290. The molecule has 0 saturated carbocycles. The molecule has 2 heterocycles. The molecule has 1 aromatic rings. The number of aryl methyl sites for hydroxylation is 1. The van der Waals surface area contributed by atoms with E-state index < -0.39 is 0 Å². The van der Waals surface area contributed by atoms with E-state index in [-0.39, 0.29) is 24.4 Å². The van der Waals surface area contributed by atoms with Crippen molar-refractivity contribution < 1.29 is 4.79 Å². The molecule has 1 saturated heterocycles. The zero-order chi connectivity index (χ0) is 13.1. The molecular formula is C13H20Cl2N2OS. The van der Waals surface area contributed by atoms with Gasteiger partial charge in [-0.15, -0.1) is 23.7 Å². The van der Waals surface area contributed by atoms with Gasteiger partial charge in [0.15, 0.2) is 0 Å². The fraction of sp³-hybridized carbons (Fsp3) is 0.615. The van der Waals surface area contributed by atoms with Crippen molar-refractivity contribution in [3.8, 4) is 0 Å². The Bertz CT molecular complexity index is 425. The Kier molecular flexibility index (Phi) is 6.60. The van der Waals surface area contributed by atoms with Gasteiger partial charge in [0.2, 0.25) is 5.91 Å². The Balaban J connectivity index is 0.00000180. The monoisotopic (exact) mass is 322 g/mol. The molecule has 1 aliphatic rings. The van der Waals surface area contributed by atoms with Gasteiger partial charge in [0.1, 0.15) is 0 Å². The minimum absolute atomic E-state index is 0. The number of carbonyl (C=O) groups is 1. The van der Waals surface area contributed by atoms with Crippen LogP contribution in [-0.4, -0.2) is 36.0 Å². The van der Waals surface area contributed by atoms with Crippen molar-refractivity contribution in [2.45, 2.75) is 38.8 Å². The maximum atomic E-state index is 12.2. The van der Waals surface area contributed by atoms with E-state index in [4.69, 9.17) is 11.6 Å². The van der Waals surface area contributed by atoms with E-state index in [1.165, 1.54) is 4.88 Å². The van der Waals surface area contributed by atoms with Crippen LogP contribution in [0.1, 0.15) is 25.1 Å². The van der Waals surface area contributed by atoms with Gasteiger partial charge in [0.25, 0.3) is 0 Å². The number of rotatable bonds is 3. The molecule has 1 aromatic heterocycles. The summed E-state index contributed by atoms with van der Waals surface area (Å²) in [6, 6.07) is 4.54. The molecule has 0 aliphatic carbocycles. The van der Waals surface area contributed by atoms with E-state index in [0.29, 0.717) is 12.5 Å². The van der Waals surface area contributed by atoms with Crippen LogP contribution in [0.15, 0.2) is 12.1 Å². The molecule has 0 spiro atoms. The summed E-state index contributed by atoms with van der Waals surface area (Å²) < 4.78 is 0.793. The molecule has 2 atom stereocenters. The van der Waals surface area contributed by atoms with Gasteiger partial charge in [-0.3, -0.25) is 4.79 Å². The van der Waals surface area contributed by atoms with E-state index in [1.54, 1.807) is 11.3 Å². The third kappa shape index (κ3) is 4.35. The normalized spacial score (nSPS) is 23.0. The quantitative estimate of drug-likeness (QED) is 0.927. The molecule has 0 bridgehead atoms. The van der Waals surface area contributed by atoms with Crippen LogP contribution in [-0.2, 0) is 11.2 Å². The number of piperazine rings is 1. The van der Waals surface area contributed by atoms with Gasteiger partial charge >= 0.3 is 0 Å². The highest BCUT2D eigenvalue weighted by Crippen LogP contribution is 2.23. The number of carbonyl (C=O) groups excluding carboxylic acids is 1. The Morgan fingerprint density at radius 1 is 1.53 bits per heavy atom. The molecule has 1 N–H and O–H groups in total. The van der Waals surface area contributed by atoms with Crippen LogP contribution in [0, 0.1) is 0 Å². The highest BCUT2D eigenvalue weighted by Gasteiger charge is 2.27. The van der Waals surface area contributed by atoms with Crippen molar-refractivity contribution in [3.63, 3.8) is 0 Å². The highest BCUT2D eigenvalue weighted by molar-refractivity contribution is 7.16. The summed E-state index contributed by atoms with van der Waals surface area (Å²) in [6.07, 6.45) is 1.37. The van der Waals surface area contributed by atoms with Crippen molar-refractivity contribution in [2.75, 3.05) is 13.1 Å². The molecule has 1 aliphatic heterocycles. The second-order valence-corrected chi connectivity index (χ2v) is 6.58. The predicted octanol–water partition coefficient (Wildman–Crippen LogP) is 2.96. The summed E-state index contributed by atoms with van der Waals surface area (Å²) in [5, 5.41) is 3.38. The van der Waals surface area contributed by atoms with E-state index >= 15 is 0 Å². The first kappa shape index (κ1) is 16.8. The molecule has 1 fully saturated rings. The number of nitrogens with one attached hydrogen (secondary N) is 1. The lowest BCUT2D eigenvalue weighted by Crippen LogP contribution is -2.57. The first-order valence-electron chi connectivity index (χ1n) is 6.35. The van der Waals surface area contributed by atoms with Crippen LogP contribution in [0.4, 0.5) is 0 Å². The summed E-state index contributed by atoms with van der Waals surface area (Å²) in [5.74, 6) is 0.250. The molecule has 6 heteroatoms. The maximum Gasteiger partial charge on any atom is 0.223 e. The predicted molar refractivity (Wildman–Crippen MR) is 83.5 cm³/mol. The molecule has 0 radical (unpaired) electrons. The van der Waals surface area contributed by atoms with Gasteiger partial charge in [0.05, 0.1) is 4.34 Å². The molecule has 3 nitrogen and oxygen atoms in total. The number of nitrogens with zero attached hydrogens (tertiary/aromatic N) is 1. The Morgan fingerprint density at radius 2 is 2.26 bits per heavy atom. The highest BCUT2D eigenvalue weighted by atomic mass is 35.5. The van der Waals surface area contributed by atoms with Gasteiger partial charge in [-0.05, 0) is 32.4 Å². The molecule has 0 aromatic carbocycles. The van der Waals surface area contributed by atoms with Crippen LogP contribution in [0.3, 0.4) is 0 Å². The summed E-state index contributed by atoms with van der Waals surface area (Å²) in [4.78, 5) is 15.4. The average molecular weight is 323 g/mol. The minimum Gasteiger partial charge on any atom is -0.337 e. The lowest BCUT2D eigenvalue weighted by atomic mass is 10.1. The van der Waals surface area contributed by atoms with E-state index in [1.807, 2.05) is 17.0 Å². The fourth-order valence-electron chi connectivity index (χ4n) is 2.27. The average Bonchev–Trinajstić information content (AvgIpc) is 2.76. The Labute approximate surface area is 129 Å². The van der Waals surface area contributed by atoms with Gasteiger partial charge in [-0.1, -0.05) is 11.6 Å². The minimum atomic E-state index is 0. The van der Waals surface area contributed by atoms with Crippen LogP contribution in [0.5, 0.6) is 0 Å². The summed E-state index contributed by atoms with van der Waals surface area (Å²) in [7, 11) is 0. The maximum absolute atomic E-state index is 12.2. The zero-order valence-corrected chi connectivity index (χ0v) is 13.6. The molecule has 2 rings (SSSR count). The lowest BCUT2D eigenvalue weighted by Gasteiger charge is -2.38. The molecule has 19 heavy (non-hydrogen) atoms. The first-order chi connectivity index (χ1) is 8.58. The Morgan fingerprint density at radius 3 is 2.89 bits per heavy atom. The van der Waals surface area contributed by atoms with Gasteiger partial charge in [0, 0.05) is 36.5 Å². The number of hydrogen-bond acceptors (Lipinski definition) is 3. The molecule has 108 valence electrons. The molecular weight excluding hydrogens is 303 g/mol. The van der Waals surface area contributed by atoms with Crippen molar-refractivity contribution in [3.05, 3.63) is 21.3 Å². The summed E-state index contributed by atoms with van der Waals surface area (Å²) in [5.41, 5.74) is 0. The van der Waals surface area contributed by atoms with E-state index in [0.717, 1.165) is 23.8 Å². The van der Waals surface area contributed by atoms with Crippen LogP contribution < -0.4 is 5.32 Å². The standard InChI is InChI=1S/C13H19ClN2OS.ClH/c1-9-10(2)16(8-7-15-9)13(17)6-4-11-3-5-12(14)18-11;/h3,5,9-10,15H,4,6-8H2,1-2H3;1H. The van der Waals surface area contributed by atoms with Crippen LogP contribution >= 0.6 is 35.3 Å². The van der Waals surface area contributed by atoms with E-state index in [2.05, 4.69) is 19.2 Å². The summed E-state index contributed by atoms with van der Waals surface area (Å²) >= 11 is 7.44. The number of hydrogen-bond donors (Lipinski definition) is 1. The third-order valence-corrected chi connectivity index (χ3v) is 4.86. The van der Waals surface area contributed by atoms with Gasteiger partial charge < -0.3 is 10.2 Å². The van der Waals surface area contributed by atoms with Crippen molar-refractivity contribution in [1.82, 2.24) is 10.2 Å². The zero-order valence-electron chi connectivity index (χ0n) is 11.2. The van der Waals surface area contributed by atoms with Crippen molar-refractivity contribution in [1.29, 1.82) is 0 Å². The van der Waals surface area contributed by atoms with Crippen LogP contribution in [0.2, 0.25) is 4.34 Å². The SMILES string of the molecule is CC1NCCN(C(=O)CCc2ccc(Cl)s2)C1C.Cl. The van der Waals surface area contributed by atoms with Gasteiger partial charge in [-0.25, -0.2) is 0 Å². The van der Waals surface area contributed by atoms with Crippen molar-refractivity contribution in [2.24, 2.45) is 0 Å². The fourth-order valence-corrected chi connectivity index (χ4v) is 3.36. The molecule has 2 unspecified atom stereocenters. The van der Waals surface area contributed by atoms with Crippen molar-refractivity contribution >= 4 is 41.3 Å². The van der Waals surface area contributed by atoms with Crippen LogP contribution in [0.25, 0.3) is 0 Å². The smallest absolute Gasteiger partial charge is 0.223 e. The first-order valence-corrected chi connectivity index (χ1v) is 7.54.